The number of carbonyl (C=O) groups excluding carboxylic acids is 1. The van der Waals surface area contributed by atoms with E-state index in [2.05, 4.69) is 37.2 Å². The first kappa shape index (κ1) is 13.2. The predicted octanol–water partition coefficient (Wildman–Crippen LogP) is 4.60. The van der Waals surface area contributed by atoms with Crippen molar-refractivity contribution in [3.63, 3.8) is 0 Å². The second-order valence-electron chi connectivity index (χ2n) is 3.59. The average molecular weight is 373 g/mol. The molecule has 0 aliphatic rings. The van der Waals surface area contributed by atoms with Crippen molar-refractivity contribution in [1.82, 2.24) is 0 Å². The molecule has 2 rings (SSSR count). The van der Waals surface area contributed by atoms with Gasteiger partial charge in [-0.3, -0.25) is 4.79 Å². The Balaban J connectivity index is 2.21. The maximum Gasteiger partial charge on any atom is 0.256 e. The van der Waals surface area contributed by atoms with E-state index in [0.29, 0.717) is 15.7 Å². The van der Waals surface area contributed by atoms with Crippen molar-refractivity contribution in [2.45, 2.75) is 0 Å². The highest BCUT2D eigenvalue weighted by Gasteiger charge is 2.10. The summed E-state index contributed by atoms with van der Waals surface area (Å²) < 4.78 is 14.3. The lowest BCUT2D eigenvalue weighted by molar-refractivity contribution is 0.102. The zero-order valence-electron chi connectivity index (χ0n) is 9.08. The summed E-state index contributed by atoms with van der Waals surface area (Å²) in [6.45, 7) is 0. The van der Waals surface area contributed by atoms with Crippen molar-refractivity contribution in [3.8, 4) is 0 Å². The zero-order chi connectivity index (χ0) is 13.1. The Bertz CT molecular complexity index is 584. The molecule has 1 amide bonds. The second-order valence-corrected chi connectivity index (χ2v) is 5.36. The second kappa shape index (κ2) is 5.63. The molecule has 0 atom stereocenters. The van der Waals surface area contributed by atoms with E-state index in [0.717, 1.165) is 4.47 Å². The number of hydrogen-bond acceptors (Lipinski definition) is 1. The summed E-state index contributed by atoms with van der Waals surface area (Å²) in [5, 5.41) is 2.70. The van der Waals surface area contributed by atoms with Crippen molar-refractivity contribution >= 4 is 43.5 Å². The number of nitrogens with one attached hydrogen (secondary N) is 1. The minimum absolute atomic E-state index is 0.255. The van der Waals surface area contributed by atoms with Gasteiger partial charge in [-0.2, -0.15) is 0 Å². The molecule has 0 saturated heterocycles. The Morgan fingerprint density at radius 2 is 1.72 bits per heavy atom. The molecule has 0 aliphatic carbocycles. The van der Waals surface area contributed by atoms with Crippen LogP contribution in [-0.4, -0.2) is 5.91 Å². The molecule has 0 saturated carbocycles. The summed E-state index contributed by atoms with van der Waals surface area (Å²) in [6.07, 6.45) is 0. The number of amides is 1. The number of benzene rings is 2. The lowest BCUT2D eigenvalue weighted by Gasteiger charge is -2.07. The molecule has 0 aromatic heterocycles. The lowest BCUT2D eigenvalue weighted by atomic mass is 10.2. The standard InChI is InChI=1S/C13H8Br2FNO/c14-8-1-6-12(15)11(7-8)13(18)17-10-4-2-9(16)3-5-10/h1-7H,(H,17,18). The third kappa shape index (κ3) is 3.17. The fourth-order valence-corrected chi connectivity index (χ4v) is 2.19. The average Bonchev–Trinajstić information content (AvgIpc) is 2.35. The number of rotatable bonds is 2. The van der Waals surface area contributed by atoms with Crippen LogP contribution in [0.25, 0.3) is 0 Å². The van der Waals surface area contributed by atoms with E-state index in [1.165, 1.54) is 24.3 Å². The first-order chi connectivity index (χ1) is 8.56. The highest BCUT2D eigenvalue weighted by molar-refractivity contribution is 9.11. The predicted molar refractivity (Wildman–Crippen MR) is 76.2 cm³/mol. The summed E-state index contributed by atoms with van der Waals surface area (Å²) in [7, 11) is 0. The van der Waals surface area contributed by atoms with Crippen LogP contribution in [0.1, 0.15) is 10.4 Å². The molecular formula is C13H8Br2FNO. The van der Waals surface area contributed by atoms with Crippen LogP contribution in [0.15, 0.2) is 51.4 Å². The summed E-state index contributed by atoms with van der Waals surface area (Å²) in [4.78, 5) is 12.0. The number of carbonyl (C=O) groups is 1. The smallest absolute Gasteiger partial charge is 0.256 e. The molecule has 0 unspecified atom stereocenters. The van der Waals surface area contributed by atoms with E-state index in [-0.39, 0.29) is 11.7 Å². The van der Waals surface area contributed by atoms with Gasteiger partial charge in [0.05, 0.1) is 5.56 Å². The molecule has 2 aromatic carbocycles. The lowest BCUT2D eigenvalue weighted by Crippen LogP contribution is -2.12. The van der Waals surface area contributed by atoms with Gasteiger partial charge in [0.2, 0.25) is 0 Å². The Kier molecular flexibility index (Phi) is 4.14. The van der Waals surface area contributed by atoms with Crippen molar-refractivity contribution in [1.29, 1.82) is 0 Å². The molecule has 0 heterocycles. The fraction of sp³-hybridized carbons (Fsp3) is 0. The molecule has 0 radical (unpaired) electrons. The van der Waals surface area contributed by atoms with E-state index in [1.807, 2.05) is 6.07 Å². The Labute approximate surface area is 120 Å². The summed E-state index contributed by atoms with van der Waals surface area (Å²) >= 11 is 6.62. The van der Waals surface area contributed by atoms with Gasteiger partial charge in [-0.25, -0.2) is 4.39 Å². The molecule has 1 N–H and O–H groups in total. The molecule has 2 nitrogen and oxygen atoms in total. The van der Waals surface area contributed by atoms with Gasteiger partial charge in [0.25, 0.3) is 5.91 Å². The van der Waals surface area contributed by atoms with Gasteiger partial charge in [0, 0.05) is 14.6 Å². The van der Waals surface area contributed by atoms with Gasteiger partial charge in [-0.1, -0.05) is 15.9 Å². The molecule has 0 aliphatic heterocycles. The van der Waals surface area contributed by atoms with Crippen molar-refractivity contribution in [3.05, 3.63) is 62.8 Å². The summed E-state index contributed by atoms with van der Waals surface area (Å²) in [5.74, 6) is -0.591. The molecule has 5 heteroatoms. The van der Waals surface area contributed by atoms with Crippen LogP contribution in [0.4, 0.5) is 10.1 Å². The molecule has 18 heavy (non-hydrogen) atoms. The van der Waals surface area contributed by atoms with Crippen molar-refractivity contribution in [2.24, 2.45) is 0 Å². The first-order valence-electron chi connectivity index (χ1n) is 5.08. The molecule has 0 spiro atoms. The van der Waals surface area contributed by atoms with Crippen molar-refractivity contribution in [2.75, 3.05) is 5.32 Å². The SMILES string of the molecule is O=C(Nc1ccc(F)cc1)c1cc(Br)ccc1Br. The monoisotopic (exact) mass is 371 g/mol. The number of anilines is 1. The van der Waals surface area contributed by atoms with Gasteiger partial charge >= 0.3 is 0 Å². The van der Waals surface area contributed by atoms with Crippen LogP contribution in [0.3, 0.4) is 0 Å². The molecule has 0 fully saturated rings. The molecule has 0 bridgehead atoms. The van der Waals surface area contributed by atoms with Crippen LogP contribution in [0, 0.1) is 5.82 Å². The van der Waals surface area contributed by atoms with Gasteiger partial charge in [-0.15, -0.1) is 0 Å². The van der Waals surface area contributed by atoms with Gasteiger partial charge in [0.1, 0.15) is 5.82 Å². The van der Waals surface area contributed by atoms with E-state index in [9.17, 15) is 9.18 Å². The quantitative estimate of drug-likeness (QED) is 0.819. The molecule has 2 aromatic rings. The summed E-state index contributed by atoms with van der Waals surface area (Å²) in [5.41, 5.74) is 1.06. The minimum atomic E-state index is -0.336. The zero-order valence-corrected chi connectivity index (χ0v) is 12.3. The van der Waals surface area contributed by atoms with E-state index < -0.39 is 0 Å². The van der Waals surface area contributed by atoms with E-state index in [4.69, 9.17) is 0 Å². The number of halogens is 3. The van der Waals surface area contributed by atoms with Crippen molar-refractivity contribution < 1.29 is 9.18 Å². The van der Waals surface area contributed by atoms with Crippen LogP contribution in [0.5, 0.6) is 0 Å². The third-order valence-corrected chi connectivity index (χ3v) is 3.46. The maximum atomic E-state index is 12.7. The van der Waals surface area contributed by atoms with Crippen LogP contribution < -0.4 is 5.32 Å². The van der Waals surface area contributed by atoms with Gasteiger partial charge in [0.15, 0.2) is 0 Å². The van der Waals surface area contributed by atoms with Crippen LogP contribution in [0.2, 0.25) is 0 Å². The maximum absolute atomic E-state index is 12.7. The van der Waals surface area contributed by atoms with E-state index in [1.54, 1.807) is 12.1 Å². The van der Waals surface area contributed by atoms with Gasteiger partial charge < -0.3 is 5.32 Å². The van der Waals surface area contributed by atoms with Crippen LogP contribution in [-0.2, 0) is 0 Å². The molecule has 92 valence electrons. The topological polar surface area (TPSA) is 29.1 Å². The first-order valence-corrected chi connectivity index (χ1v) is 6.67. The third-order valence-electron chi connectivity index (χ3n) is 2.28. The largest absolute Gasteiger partial charge is 0.322 e. The van der Waals surface area contributed by atoms with Crippen LogP contribution >= 0.6 is 31.9 Å². The fourth-order valence-electron chi connectivity index (χ4n) is 1.40. The Morgan fingerprint density at radius 1 is 1.06 bits per heavy atom. The minimum Gasteiger partial charge on any atom is -0.322 e. The highest BCUT2D eigenvalue weighted by Crippen LogP contribution is 2.22. The van der Waals surface area contributed by atoms with E-state index >= 15 is 0 Å². The number of hydrogen-bond donors (Lipinski definition) is 1. The Morgan fingerprint density at radius 3 is 2.39 bits per heavy atom. The Hall–Kier alpha value is -1.20. The normalized spacial score (nSPS) is 10.2. The highest BCUT2D eigenvalue weighted by atomic mass is 79.9. The molecular weight excluding hydrogens is 365 g/mol. The summed E-state index contributed by atoms with van der Waals surface area (Å²) in [6, 6.07) is 10.9. The van der Waals surface area contributed by atoms with Gasteiger partial charge in [-0.05, 0) is 58.4 Å².